The van der Waals surface area contributed by atoms with E-state index in [0.29, 0.717) is 12.5 Å². The van der Waals surface area contributed by atoms with Crippen molar-refractivity contribution < 1.29 is 14.3 Å². The summed E-state index contributed by atoms with van der Waals surface area (Å²) in [7, 11) is 1.67. The molecule has 2 amide bonds. The first-order valence-electron chi connectivity index (χ1n) is 10.3. The van der Waals surface area contributed by atoms with Crippen LogP contribution in [0.1, 0.15) is 12.8 Å². The van der Waals surface area contributed by atoms with Gasteiger partial charge in [-0.05, 0) is 37.1 Å². The molecule has 7 nitrogen and oxygen atoms in total. The Kier molecular flexibility index (Phi) is 5.71. The number of hydrogen-bond acceptors (Lipinski definition) is 5. The standard InChI is InChI=1S/C21H30N4O3/c1-28-19-6-4-18(5-7-19)23-12-14-24(15-13-23)20(26)16-22-8-10-25(11-9-22)21(27)17-2-3-17/h4-7,17H,2-3,8-16H2,1H3. The van der Waals surface area contributed by atoms with Crippen LogP contribution in [0.25, 0.3) is 0 Å². The molecule has 2 saturated heterocycles. The molecule has 0 unspecified atom stereocenters. The van der Waals surface area contributed by atoms with Crippen molar-refractivity contribution in [2.24, 2.45) is 5.92 Å². The van der Waals surface area contributed by atoms with Crippen molar-refractivity contribution in [2.45, 2.75) is 12.8 Å². The van der Waals surface area contributed by atoms with Gasteiger partial charge in [0.15, 0.2) is 0 Å². The SMILES string of the molecule is COc1ccc(N2CCN(C(=O)CN3CCN(C(=O)C4CC4)CC3)CC2)cc1. The predicted octanol–water partition coefficient (Wildman–Crippen LogP) is 0.898. The van der Waals surface area contributed by atoms with E-state index in [4.69, 9.17) is 4.74 Å². The summed E-state index contributed by atoms with van der Waals surface area (Å²) in [5, 5.41) is 0. The Morgan fingerprint density at radius 3 is 2.07 bits per heavy atom. The van der Waals surface area contributed by atoms with E-state index in [1.54, 1.807) is 7.11 Å². The van der Waals surface area contributed by atoms with E-state index in [9.17, 15) is 9.59 Å². The van der Waals surface area contributed by atoms with Crippen molar-refractivity contribution in [1.29, 1.82) is 0 Å². The normalized spacial score (nSPS) is 21.0. The molecule has 4 rings (SSSR count). The number of carbonyl (C=O) groups is 2. The molecule has 2 heterocycles. The average Bonchev–Trinajstić information content (AvgIpc) is 3.59. The second-order valence-electron chi connectivity index (χ2n) is 7.94. The lowest BCUT2D eigenvalue weighted by atomic mass is 10.2. The number of piperazine rings is 2. The average molecular weight is 386 g/mol. The number of methoxy groups -OCH3 is 1. The zero-order chi connectivity index (χ0) is 19.5. The van der Waals surface area contributed by atoms with Crippen LogP contribution in [-0.4, -0.2) is 92.5 Å². The topological polar surface area (TPSA) is 56.3 Å². The molecule has 7 heteroatoms. The van der Waals surface area contributed by atoms with Crippen LogP contribution in [0.15, 0.2) is 24.3 Å². The smallest absolute Gasteiger partial charge is 0.236 e. The third-order valence-corrected chi connectivity index (χ3v) is 6.04. The number of amides is 2. The summed E-state index contributed by atoms with van der Waals surface area (Å²) in [5.41, 5.74) is 1.17. The van der Waals surface area contributed by atoms with Crippen molar-refractivity contribution in [3.05, 3.63) is 24.3 Å². The molecule has 0 bridgehead atoms. The maximum Gasteiger partial charge on any atom is 0.236 e. The Morgan fingerprint density at radius 2 is 1.50 bits per heavy atom. The summed E-state index contributed by atoms with van der Waals surface area (Å²) < 4.78 is 5.21. The lowest BCUT2D eigenvalue weighted by Crippen LogP contribution is -2.54. The Hall–Kier alpha value is -2.28. The van der Waals surface area contributed by atoms with E-state index in [1.165, 1.54) is 5.69 Å². The number of ether oxygens (including phenoxy) is 1. The summed E-state index contributed by atoms with van der Waals surface area (Å²) in [5.74, 6) is 1.67. The zero-order valence-corrected chi connectivity index (χ0v) is 16.7. The summed E-state index contributed by atoms with van der Waals surface area (Å²) in [6.45, 7) is 6.79. The minimum absolute atomic E-state index is 0.205. The molecule has 1 aromatic carbocycles. The minimum atomic E-state index is 0.205. The lowest BCUT2D eigenvalue weighted by molar-refractivity contribution is -0.136. The van der Waals surface area contributed by atoms with Gasteiger partial charge in [-0.1, -0.05) is 0 Å². The van der Waals surface area contributed by atoms with Gasteiger partial charge in [-0.3, -0.25) is 14.5 Å². The van der Waals surface area contributed by atoms with Gasteiger partial charge in [0.25, 0.3) is 0 Å². The van der Waals surface area contributed by atoms with Crippen LogP contribution in [-0.2, 0) is 9.59 Å². The van der Waals surface area contributed by atoms with Crippen LogP contribution in [0.5, 0.6) is 5.75 Å². The van der Waals surface area contributed by atoms with E-state index in [-0.39, 0.29) is 11.8 Å². The van der Waals surface area contributed by atoms with E-state index in [1.807, 2.05) is 21.9 Å². The van der Waals surface area contributed by atoms with Crippen molar-refractivity contribution in [3.63, 3.8) is 0 Å². The maximum absolute atomic E-state index is 12.7. The number of hydrogen-bond donors (Lipinski definition) is 0. The summed E-state index contributed by atoms with van der Waals surface area (Å²) in [4.78, 5) is 33.3. The number of benzene rings is 1. The second kappa shape index (κ2) is 8.39. The number of anilines is 1. The molecule has 3 fully saturated rings. The minimum Gasteiger partial charge on any atom is -0.497 e. The van der Waals surface area contributed by atoms with Crippen LogP contribution in [0.3, 0.4) is 0 Å². The molecule has 152 valence electrons. The third-order valence-electron chi connectivity index (χ3n) is 6.04. The Labute approximate surface area is 166 Å². The highest BCUT2D eigenvalue weighted by atomic mass is 16.5. The van der Waals surface area contributed by atoms with Crippen LogP contribution >= 0.6 is 0 Å². The summed E-state index contributed by atoms with van der Waals surface area (Å²) in [6.07, 6.45) is 2.11. The van der Waals surface area contributed by atoms with Crippen molar-refractivity contribution in [2.75, 3.05) is 70.9 Å². The molecule has 0 N–H and O–H groups in total. The van der Waals surface area contributed by atoms with Crippen molar-refractivity contribution >= 4 is 17.5 Å². The van der Waals surface area contributed by atoms with Crippen LogP contribution in [0, 0.1) is 5.92 Å². The monoisotopic (exact) mass is 386 g/mol. The first-order chi connectivity index (χ1) is 13.6. The third kappa shape index (κ3) is 4.41. The van der Waals surface area contributed by atoms with Crippen LogP contribution in [0.4, 0.5) is 5.69 Å². The van der Waals surface area contributed by atoms with Crippen LogP contribution in [0.2, 0.25) is 0 Å². The highest BCUT2D eigenvalue weighted by molar-refractivity contribution is 5.81. The van der Waals surface area contributed by atoms with Crippen molar-refractivity contribution in [1.82, 2.24) is 14.7 Å². The van der Waals surface area contributed by atoms with Gasteiger partial charge in [-0.25, -0.2) is 0 Å². The first-order valence-corrected chi connectivity index (χ1v) is 10.3. The summed E-state index contributed by atoms with van der Waals surface area (Å²) in [6, 6.07) is 8.08. The lowest BCUT2D eigenvalue weighted by Gasteiger charge is -2.38. The van der Waals surface area contributed by atoms with Gasteiger partial charge in [0.05, 0.1) is 13.7 Å². The zero-order valence-electron chi connectivity index (χ0n) is 16.7. The van der Waals surface area contributed by atoms with Crippen molar-refractivity contribution in [3.8, 4) is 5.75 Å². The molecule has 2 aliphatic heterocycles. The van der Waals surface area contributed by atoms with Gasteiger partial charge >= 0.3 is 0 Å². The molecular formula is C21H30N4O3. The molecular weight excluding hydrogens is 356 g/mol. The molecule has 0 atom stereocenters. The van der Waals surface area contributed by atoms with Gasteiger partial charge in [0.2, 0.25) is 11.8 Å². The van der Waals surface area contributed by atoms with Gasteiger partial charge in [-0.2, -0.15) is 0 Å². The number of carbonyl (C=O) groups excluding carboxylic acids is 2. The van der Waals surface area contributed by atoms with E-state index in [0.717, 1.165) is 70.9 Å². The maximum atomic E-state index is 12.7. The highest BCUT2D eigenvalue weighted by Crippen LogP contribution is 2.31. The van der Waals surface area contributed by atoms with Gasteiger partial charge in [-0.15, -0.1) is 0 Å². The molecule has 0 spiro atoms. The van der Waals surface area contributed by atoms with E-state index in [2.05, 4.69) is 21.9 Å². The Balaban J connectivity index is 1.20. The number of rotatable bonds is 5. The largest absolute Gasteiger partial charge is 0.497 e. The first kappa shape index (κ1) is 19.1. The van der Waals surface area contributed by atoms with Gasteiger partial charge < -0.3 is 19.4 Å². The quantitative estimate of drug-likeness (QED) is 0.753. The fraction of sp³-hybridized carbons (Fsp3) is 0.619. The fourth-order valence-electron chi connectivity index (χ4n) is 4.01. The molecule has 3 aliphatic rings. The summed E-state index contributed by atoms with van der Waals surface area (Å²) >= 11 is 0. The highest BCUT2D eigenvalue weighted by Gasteiger charge is 2.35. The molecule has 0 aromatic heterocycles. The molecule has 0 radical (unpaired) electrons. The Bertz CT molecular complexity index is 688. The van der Waals surface area contributed by atoms with E-state index < -0.39 is 0 Å². The molecule has 1 aliphatic carbocycles. The van der Waals surface area contributed by atoms with Crippen LogP contribution < -0.4 is 9.64 Å². The van der Waals surface area contributed by atoms with E-state index >= 15 is 0 Å². The Morgan fingerprint density at radius 1 is 0.893 bits per heavy atom. The molecule has 28 heavy (non-hydrogen) atoms. The second-order valence-corrected chi connectivity index (χ2v) is 7.94. The molecule has 1 aromatic rings. The van der Waals surface area contributed by atoms with Gasteiger partial charge in [0.1, 0.15) is 5.75 Å². The molecule has 1 saturated carbocycles. The number of nitrogens with zero attached hydrogens (tertiary/aromatic N) is 4. The fourth-order valence-corrected chi connectivity index (χ4v) is 4.01. The predicted molar refractivity (Wildman–Crippen MR) is 108 cm³/mol. The van der Waals surface area contributed by atoms with Gasteiger partial charge in [0, 0.05) is 64.0 Å².